The maximum Gasteiger partial charge on any atom is 0.324 e. The number of amides is 2. The maximum absolute atomic E-state index is 12.7. The highest BCUT2D eigenvalue weighted by molar-refractivity contribution is 6.44. The normalized spacial score (nSPS) is 11.6. The van der Waals surface area contributed by atoms with Crippen molar-refractivity contribution in [2.45, 2.75) is 26.2 Å². The molecule has 0 aliphatic rings. The van der Waals surface area contributed by atoms with E-state index < -0.39 is 6.03 Å². The molecule has 154 valence electrons. The van der Waals surface area contributed by atoms with Crippen LogP contribution >= 0.6 is 23.2 Å². The quantitative estimate of drug-likeness (QED) is 0.391. The SMILES string of the molecule is CC(C)(C)c1cc(NC(=O)Nc2cccc(Cl)c2Cl)n(-c2ccc3ocnc3c2)n1. The molecule has 2 aromatic heterocycles. The molecule has 2 heterocycles. The largest absolute Gasteiger partial charge is 0.443 e. The van der Waals surface area contributed by atoms with Crippen LogP contribution in [-0.2, 0) is 5.41 Å². The Morgan fingerprint density at radius 2 is 1.90 bits per heavy atom. The highest BCUT2D eigenvalue weighted by Gasteiger charge is 2.22. The van der Waals surface area contributed by atoms with Crippen molar-refractivity contribution in [1.29, 1.82) is 0 Å². The Kier molecular flexibility index (Phi) is 5.17. The minimum Gasteiger partial charge on any atom is -0.443 e. The van der Waals surface area contributed by atoms with Gasteiger partial charge in [0, 0.05) is 11.5 Å². The number of carbonyl (C=O) groups excluding carboxylic acids is 1. The highest BCUT2D eigenvalue weighted by atomic mass is 35.5. The van der Waals surface area contributed by atoms with Crippen LogP contribution in [0.3, 0.4) is 0 Å². The zero-order chi connectivity index (χ0) is 21.5. The molecule has 0 saturated heterocycles. The number of aromatic nitrogens is 3. The Morgan fingerprint density at radius 3 is 2.67 bits per heavy atom. The standard InChI is InChI=1S/C21H19Cl2N5O2/c1-21(2,3)17-10-18(26-20(29)25-14-6-4-5-13(22)19(14)23)28(27-17)12-7-8-16-15(9-12)24-11-30-16/h4-11H,1-3H3,(H2,25,26,29). The second-order valence-corrected chi connectivity index (χ2v) is 8.55. The number of fused-ring (bicyclic) bond motifs is 1. The average Bonchev–Trinajstić information content (AvgIpc) is 3.31. The summed E-state index contributed by atoms with van der Waals surface area (Å²) in [5, 5.41) is 10.9. The third kappa shape index (κ3) is 3.99. The summed E-state index contributed by atoms with van der Waals surface area (Å²) in [6.07, 6.45) is 1.39. The molecule has 2 N–H and O–H groups in total. The first-order valence-electron chi connectivity index (χ1n) is 9.18. The lowest BCUT2D eigenvalue weighted by Crippen LogP contribution is -2.21. The van der Waals surface area contributed by atoms with Gasteiger partial charge in [0.2, 0.25) is 0 Å². The zero-order valence-corrected chi connectivity index (χ0v) is 18.0. The van der Waals surface area contributed by atoms with Gasteiger partial charge in [-0.2, -0.15) is 5.10 Å². The van der Waals surface area contributed by atoms with E-state index in [4.69, 9.17) is 32.7 Å². The van der Waals surface area contributed by atoms with Crippen LogP contribution in [0.2, 0.25) is 10.0 Å². The van der Waals surface area contributed by atoms with Crippen LogP contribution in [0.1, 0.15) is 26.5 Å². The van der Waals surface area contributed by atoms with E-state index in [1.54, 1.807) is 22.9 Å². The van der Waals surface area contributed by atoms with Gasteiger partial charge in [0.25, 0.3) is 0 Å². The summed E-state index contributed by atoms with van der Waals surface area (Å²) in [7, 11) is 0. The van der Waals surface area contributed by atoms with Crippen LogP contribution in [0.4, 0.5) is 16.3 Å². The van der Waals surface area contributed by atoms with Crippen molar-refractivity contribution < 1.29 is 9.21 Å². The zero-order valence-electron chi connectivity index (χ0n) is 16.5. The van der Waals surface area contributed by atoms with E-state index in [-0.39, 0.29) is 10.4 Å². The fourth-order valence-corrected chi connectivity index (χ4v) is 3.23. The summed E-state index contributed by atoms with van der Waals surface area (Å²) in [6.45, 7) is 6.16. The van der Waals surface area contributed by atoms with Crippen LogP contribution in [0.5, 0.6) is 0 Å². The van der Waals surface area contributed by atoms with Crippen molar-refractivity contribution in [1.82, 2.24) is 14.8 Å². The van der Waals surface area contributed by atoms with E-state index in [0.717, 1.165) is 11.4 Å². The Morgan fingerprint density at radius 1 is 1.10 bits per heavy atom. The summed E-state index contributed by atoms with van der Waals surface area (Å²) in [5.74, 6) is 0.499. The molecule has 7 nitrogen and oxygen atoms in total. The van der Waals surface area contributed by atoms with Gasteiger partial charge in [-0.15, -0.1) is 0 Å². The summed E-state index contributed by atoms with van der Waals surface area (Å²) in [6, 6.07) is 11.9. The molecule has 2 aromatic carbocycles. The summed E-state index contributed by atoms with van der Waals surface area (Å²) in [5.41, 5.74) is 3.12. The summed E-state index contributed by atoms with van der Waals surface area (Å²) >= 11 is 12.2. The second kappa shape index (κ2) is 7.66. The number of halogens is 2. The minimum atomic E-state index is -0.469. The molecule has 9 heteroatoms. The number of hydrogen-bond acceptors (Lipinski definition) is 4. The number of anilines is 2. The number of benzene rings is 2. The van der Waals surface area contributed by atoms with Crippen LogP contribution in [0, 0.1) is 0 Å². The number of hydrogen-bond donors (Lipinski definition) is 2. The fraction of sp³-hybridized carbons (Fsp3) is 0.190. The molecule has 0 atom stereocenters. The maximum atomic E-state index is 12.7. The molecule has 2 amide bonds. The molecular weight excluding hydrogens is 425 g/mol. The predicted molar refractivity (Wildman–Crippen MR) is 119 cm³/mol. The minimum absolute atomic E-state index is 0.216. The first-order valence-corrected chi connectivity index (χ1v) is 9.94. The van der Waals surface area contributed by atoms with Gasteiger partial charge < -0.3 is 9.73 Å². The topological polar surface area (TPSA) is 85.0 Å². The number of nitrogens with zero attached hydrogens (tertiary/aromatic N) is 3. The average molecular weight is 444 g/mol. The predicted octanol–water partition coefficient (Wildman–Crippen LogP) is 6.26. The molecule has 0 bridgehead atoms. The molecule has 4 aromatic rings. The number of rotatable bonds is 3. The molecule has 0 aliphatic heterocycles. The van der Waals surface area contributed by atoms with E-state index in [9.17, 15) is 4.79 Å². The van der Waals surface area contributed by atoms with Crippen molar-refractivity contribution in [3.63, 3.8) is 0 Å². The van der Waals surface area contributed by atoms with Crippen LogP contribution in [0.25, 0.3) is 16.8 Å². The van der Waals surface area contributed by atoms with E-state index in [2.05, 4.69) is 36.4 Å². The van der Waals surface area contributed by atoms with Gasteiger partial charge in [0.15, 0.2) is 12.0 Å². The van der Waals surface area contributed by atoms with Crippen LogP contribution in [0.15, 0.2) is 53.3 Å². The lowest BCUT2D eigenvalue weighted by atomic mass is 9.92. The molecular formula is C21H19Cl2N5O2. The van der Waals surface area contributed by atoms with E-state index in [1.165, 1.54) is 6.39 Å². The van der Waals surface area contributed by atoms with Crippen LogP contribution < -0.4 is 10.6 Å². The second-order valence-electron chi connectivity index (χ2n) is 7.76. The molecule has 30 heavy (non-hydrogen) atoms. The van der Waals surface area contributed by atoms with E-state index >= 15 is 0 Å². The Bertz CT molecular complexity index is 1240. The van der Waals surface area contributed by atoms with Gasteiger partial charge in [0.05, 0.1) is 27.1 Å². The number of oxazole rings is 1. The third-order valence-electron chi connectivity index (χ3n) is 4.48. The third-order valence-corrected chi connectivity index (χ3v) is 5.30. The van der Waals surface area contributed by atoms with Crippen LogP contribution in [-0.4, -0.2) is 20.8 Å². The Balaban J connectivity index is 1.68. The monoisotopic (exact) mass is 443 g/mol. The van der Waals surface area contributed by atoms with Gasteiger partial charge >= 0.3 is 6.03 Å². The molecule has 0 fully saturated rings. The molecule has 0 radical (unpaired) electrons. The first-order chi connectivity index (χ1) is 14.2. The molecule has 0 spiro atoms. The van der Waals surface area contributed by atoms with Gasteiger partial charge in [-0.3, -0.25) is 5.32 Å². The first kappa shape index (κ1) is 20.3. The van der Waals surface area contributed by atoms with Crippen molar-refractivity contribution in [2.24, 2.45) is 0 Å². The van der Waals surface area contributed by atoms with Gasteiger partial charge in [-0.05, 0) is 30.3 Å². The summed E-state index contributed by atoms with van der Waals surface area (Å²) < 4.78 is 6.97. The molecule has 0 aliphatic carbocycles. The summed E-state index contributed by atoms with van der Waals surface area (Å²) in [4.78, 5) is 16.9. The molecule has 0 saturated carbocycles. The van der Waals surface area contributed by atoms with Gasteiger partial charge in [-0.1, -0.05) is 50.0 Å². The van der Waals surface area contributed by atoms with Crippen molar-refractivity contribution in [3.05, 3.63) is 64.6 Å². The van der Waals surface area contributed by atoms with E-state index in [1.807, 2.05) is 24.3 Å². The molecule has 0 unspecified atom stereocenters. The smallest absolute Gasteiger partial charge is 0.324 e. The lowest BCUT2D eigenvalue weighted by Gasteiger charge is -2.14. The van der Waals surface area contributed by atoms with Crippen molar-refractivity contribution >= 4 is 51.8 Å². The van der Waals surface area contributed by atoms with E-state index in [0.29, 0.717) is 27.6 Å². The lowest BCUT2D eigenvalue weighted by molar-refractivity contribution is 0.262. The number of nitrogens with one attached hydrogen (secondary N) is 2. The number of urea groups is 1. The molecule has 4 rings (SSSR count). The Labute approximate surface area is 183 Å². The van der Waals surface area contributed by atoms with Gasteiger partial charge in [0.1, 0.15) is 11.3 Å². The Hall–Kier alpha value is -3.03. The fourth-order valence-electron chi connectivity index (χ4n) is 2.88. The number of carbonyl (C=O) groups is 1. The van der Waals surface area contributed by atoms with Gasteiger partial charge in [-0.25, -0.2) is 14.5 Å². The highest BCUT2D eigenvalue weighted by Crippen LogP contribution is 2.30. The van der Waals surface area contributed by atoms with Crippen molar-refractivity contribution in [3.8, 4) is 5.69 Å². The van der Waals surface area contributed by atoms with Crippen molar-refractivity contribution in [2.75, 3.05) is 10.6 Å².